The first kappa shape index (κ1) is 18.6. The topological polar surface area (TPSA) is 84.6 Å². The van der Waals surface area contributed by atoms with Crippen LogP contribution >= 0.6 is 0 Å². The van der Waals surface area contributed by atoms with Crippen molar-refractivity contribution >= 4 is 23.1 Å². The largest absolute Gasteiger partial charge is 0.377 e. The lowest BCUT2D eigenvalue weighted by Crippen LogP contribution is -2.53. The van der Waals surface area contributed by atoms with E-state index in [0.29, 0.717) is 24.7 Å². The summed E-state index contributed by atoms with van der Waals surface area (Å²) in [7, 11) is 0. The quantitative estimate of drug-likeness (QED) is 0.715. The molecule has 0 unspecified atom stereocenters. The van der Waals surface area contributed by atoms with Crippen LogP contribution in [-0.2, 0) is 4.74 Å². The number of ether oxygens (including phenoxy) is 1. The molecule has 5 rings (SSSR count). The number of rotatable bonds is 3. The van der Waals surface area contributed by atoms with Crippen LogP contribution in [0, 0.1) is 5.82 Å². The summed E-state index contributed by atoms with van der Waals surface area (Å²) < 4.78 is 34.3. The van der Waals surface area contributed by atoms with Crippen LogP contribution in [0.3, 0.4) is 0 Å². The zero-order chi connectivity index (χ0) is 20.7. The van der Waals surface area contributed by atoms with E-state index in [2.05, 4.69) is 20.4 Å². The van der Waals surface area contributed by atoms with Gasteiger partial charge in [0.15, 0.2) is 5.82 Å². The number of halogens is 2. The lowest BCUT2D eigenvalue weighted by Gasteiger charge is -2.34. The molecule has 0 atom stereocenters. The van der Waals surface area contributed by atoms with Gasteiger partial charge in [-0.3, -0.25) is 0 Å². The van der Waals surface area contributed by atoms with Crippen molar-refractivity contribution in [3.8, 4) is 11.4 Å². The maximum absolute atomic E-state index is 14.5. The third-order valence-corrected chi connectivity index (χ3v) is 5.11. The van der Waals surface area contributed by atoms with Gasteiger partial charge in [0, 0.05) is 23.6 Å². The van der Waals surface area contributed by atoms with Gasteiger partial charge in [-0.25, -0.2) is 23.1 Å². The van der Waals surface area contributed by atoms with Crippen molar-refractivity contribution in [2.24, 2.45) is 0 Å². The van der Waals surface area contributed by atoms with Crippen molar-refractivity contribution < 1.29 is 18.3 Å². The Hall–Kier alpha value is -3.40. The number of urea groups is 1. The molecule has 0 saturated carbocycles. The highest BCUT2D eigenvalue weighted by atomic mass is 19.1. The molecular weight excluding hydrogens is 394 g/mol. The van der Waals surface area contributed by atoms with Crippen LogP contribution in [0.2, 0.25) is 0 Å². The molecule has 0 aliphatic carbocycles. The standard InChI is InChI=1S/C20H18F2N6O2/c21-14-10-27(11-14)20(29)24-15-1-2-17(22)16(7-15)18-25-19-23-8-13(9-28(19)26-18)12-3-5-30-6-4-12/h1-3,7-9,14H,4-6,10-11H2,(H,24,29). The van der Waals surface area contributed by atoms with E-state index in [1.165, 1.54) is 27.6 Å². The van der Waals surface area contributed by atoms with Gasteiger partial charge in [-0.2, -0.15) is 4.98 Å². The molecule has 30 heavy (non-hydrogen) atoms. The van der Waals surface area contributed by atoms with E-state index in [1.807, 2.05) is 6.08 Å². The lowest BCUT2D eigenvalue weighted by molar-refractivity contribution is 0.0974. The first-order valence-electron chi connectivity index (χ1n) is 9.56. The fourth-order valence-electron chi connectivity index (χ4n) is 3.42. The maximum Gasteiger partial charge on any atom is 0.322 e. The molecule has 2 amide bonds. The van der Waals surface area contributed by atoms with E-state index in [1.54, 1.807) is 12.4 Å². The van der Waals surface area contributed by atoms with Crippen LogP contribution in [0.1, 0.15) is 12.0 Å². The van der Waals surface area contributed by atoms with Crippen molar-refractivity contribution in [3.05, 3.63) is 48.0 Å². The Kier molecular flexibility index (Phi) is 4.62. The molecule has 0 radical (unpaired) electrons. The maximum atomic E-state index is 14.5. The normalized spacial score (nSPS) is 17.0. The number of nitrogens with zero attached hydrogens (tertiary/aromatic N) is 5. The molecule has 10 heteroatoms. The smallest absolute Gasteiger partial charge is 0.322 e. The fourth-order valence-corrected chi connectivity index (χ4v) is 3.42. The number of hydrogen-bond acceptors (Lipinski definition) is 5. The number of nitrogens with one attached hydrogen (secondary N) is 1. The van der Waals surface area contributed by atoms with Gasteiger partial charge in [0.2, 0.25) is 0 Å². The summed E-state index contributed by atoms with van der Waals surface area (Å²) in [6, 6.07) is 3.70. The highest BCUT2D eigenvalue weighted by molar-refractivity contribution is 5.90. The zero-order valence-electron chi connectivity index (χ0n) is 15.9. The van der Waals surface area contributed by atoms with Gasteiger partial charge < -0.3 is 15.0 Å². The molecule has 1 aromatic carbocycles. The van der Waals surface area contributed by atoms with E-state index in [9.17, 15) is 13.6 Å². The summed E-state index contributed by atoms with van der Waals surface area (Å²) in [6.07, 6.45) is 5.31. The summed E-state index contributed by atoms with van der Waals surface area (Å²) in [4.78, 5) is 22.1. The number of likely N-dealkylation sites (tertiary alicyclic amines) is 1. The third kappa shape index (κ3) is 3.50. The minimum atomic E-state index is -0.990. The predicted octanol–water partition coefficient (Wildman–Crippen LogP) is 2.92. The summed E-state index contributed by atoms with van der Waals surface area (Å²) in [5, 5.41) is 7.01. The molecule has 8 nitrogen and oxygen atoms in total. The monoisotopic (exact) mass is 412 g/mol. The van der Waals surface area contributed by atoms with E-state index >= 15 is 0 Å². The SMILES string of the molecule is O=C(Nc1ccc(F)c(-c2nc3ncc(C4=CCOCC4)cn3n2)c1)N1CC(F)C1. The highest BCUT2D eigenvalue weighted by Crippen LogP contribution is 2.26. The van der Waals surface area contributed by atoms with Crippen LogP contribution in [-0.4, -0.2) is 63.0 Å². The second-order valence-corrected chi connectivity index (χ2v) is 7.20. The number of carbonyl (C=O) groups is 1. The van der Waals surface area contributed by atoms with Crippen LogP contribution in [0.15, 0.2) is 36.7 Å². The van der Waals surface area contributed by atoms with Crippen molar-refractivity contribution in [2.75, 3.05) is 31.6 Å². The van der Waals surface area contributed by atoms with Gasteiger partial charge in [0.05, 0.1) is 31.9 Å². The summed E-state index contributed by atoms with van der Waals surface area (Å²) in [6.45, 7) is 1.33. The van der Waals surface area contributed by atoms with Gasteiger partial charge in [-0.15, -0.1) is 5.10 Å². The van der Waals surface area contributed by atoms with E-state index in [4.69, 9.17) is 4.74 Å². The Balaban J connectivity index is 1.42. The summed E-state index contributed by atoms with van der Waals surface area (Å²) >= 11 is 0. The number of alkyl halides is 1. The lowest BCUT2D eigenvalue weighted by atomic mass is 10.1. The summed E-state index contributed by atoms with van der Waals surface area (Å²) in [5.41, 5.74) is 2.53. The molecular formula is C20H18F2N6O2. The third-order valence-electron chi connectivity index (χ3n) is 5.11. The van der Waals surface area contributed by atoms with E-state index in [0.717, 1.165) is 17.6 Å². The van der Waals surface area contributed by atoms with Crippen LogP contribution in [0.4, 0.5) is 19.3 Å². The van der Waals surface area contributed by atoms with Crippen LogP contribution < -0.4 is 5.32 Å². The van der Waals surface area contributed by atoms with E-state index < -0.39 is 18.0 Å². The van der Waals surface area contributed by atoms with Gasteiger partial charge in [-0.1, -0.05) is 6.08 Å². The molecule has 1 fully saturated rings. The van der Waals surface area contributed by atoms with Crippen molar-refractivity contribution in [1.82, 2.24) is 24.5 Å². The molecule has 154 valence electrons. The summed E-state index contributed by atoms with van der Waals surface area (Å²) in [5.74, 6) is -0.0316. The molecule has 2 aliphatic rings. The van der Waals surface area contributed by atoms with Gasteiger partial charge in [0.25, 0.3) is 5.78 Å². The number of anilines is 1. The molecule has 2 aliphatic heterocycles. The molecule has 1 saturated heterocycles. The second-order valence-electron chi connectivity index (χ2n) is 7.20. The first-order chi connectivity index (χ1) is 14.6. The Bertz CT molecular complexity index is 1160. The first-order valence-corrected chi connectivity index (χ1v) is 9.56. The minimum absolute atomic E-state index is 0.0600. The number of benzene rings is 1. The molecule has 0 bridgehead atoms. The molecule has 0 spiro atoms. The Labute approximate surface area is 170 Å². The number of carbonyl (C=O) groups excluding carboxylic acids is 1. The predicted molar refractivity (Wildman–Crippen MR) is 105 cm³/mol. The van der Waals surface area contributed by atoms with Gasteiger partial charge in [0.1, 0.15) is 12.0 Å². The number of aromatic nitrogens is 4. The Morgan fingerprint density at radius 1 is 1.30 bits per heavy atom. The minimum Gasteiger partial charge on any atom is -0.377 e. The van der Waals surface area contributed by atoms with Crippen molar-refractivity contribution in [2.45, 2.75) is 12.6 Å². The average molecular weight is 412 g/mol. The van der Waals surface area contributed by atoms with Crippen LogP contribution in [0.25, 0.3) is 22.7 Å². The molecule has 3 aromatic rings. The van der Waals surface area contributed by atoms with Crippen molar-refractivity contribution in [1.29, 1.82) is 0 Å². The number of hydrogen-bond donors (Lipinski definition) is 1. The van der Waals surface area contributed by atoms with Crippen LogP contribution in [0.5, 0.6) is 0 Å². The fraction of sp³-hybridized carbons (Fsp3) is 0.300. The van der Waals surface area contributed by atoms with E-state index in [-0.39, 0.29) is 24.5 Å². The number of amides is 2. The molecule has 1 N–H and O–H groups in total. The Morgan fingerprint density at radius 2 is 2.17 bits per heavy atom. The number of fused-ring (bicyclic) bond motifs is 1. The van der Waals surface area contributed by atoms with Crippen molar-refractivity contribution in [3.63, 3.8) is 0 Å². The zero-order valence-corrected chi connectivity index (χ0v) is 15.9. The second kappa shape index (κ2) is 7.45. The van der Waals surface area contributed by atoms with Gasteiger partial charge in [-0.05, 0) is 30.2 Å². The Morgan fingerprint density at radius 3 is 2.93 bits per heavy atom. The average Bonchev–Trinajstić information content (AvgIpc) is 3.16. The molecule has 2 aromatic heterocycles. The van der Waals surface area contributed by atoms with Gasteiger partial charge >= 0.3 is 6.03 Å². The highest BCUT2D eigenvalue weighted by Gasteiger charge is 2.30. The molecule has 4 heterocycles.